The van der Waals surface area contributed by atoms with Gasteiger partial charge in [-0.25, -0.2) is 14.1 Å². The highest BCUT2D eigenvalue weighted by atomic mass is 19.1. The molecule has 4 amide bonds. The van der Waals surface area contributed by atoms with Gasteiger partial charge in [-0.3, -0.25) is 14.9 Å². The van der Waals surface area contributed by atoms with E-state index in [0.717, 1.165) is 26.9 Å². The highest BCUT2D eigenvalue weighted by Crippen LogP contribution is 2.28. The molecule has 35 heavy (non-hydrogen) atoms. The number of aromatic nitrogens is 1. The van der Waals surface area contributed by atoms with Crippen LogP contribution in [-0.2, 0) is 16.1 Å². The normalized spacial score (nSPS) is 15.2. The largest absolute Gasteiger partial charge is 0.342 e. The van der Waals surface area contributed by atoms with Gasteiger partial charge < -0.3 is 4.57 Å². The number of carbonyl (C=O) groups is 3. The number of carbonyl (C=O) groups excluding carboxylic acids is 3. The van der Waals surface area contributed by atoms with Gasteiger partial charge in [0.25, 0.3) is 11.8 Å². The second-order valence-electron chi connectivity index (χ2n) is 8.62. The summed E-state index contributed by atoms with van der Waals surface area (Å²) < 4.78 is 16.2. The van der Waals surface area contributed by atoms with Gasteiger partial charge in [0, 0.05) is 28.2 Å². The Balaban J connectivity index is 1.59. The summed E-state index contributed by atoms with van der Waals surface area (Å²) in [4.78, 5) is 39.6. The Morgan fingerprint density at radius 2 is 1.60 bits per heavy atom. The van der Waals surface area contributed by atoms with Crippen LogP contribution in [-0.4, -0.2) is 22.4 Å². The molecule has 5 rings (SSSR count). The molecule has 0 atom stereocenters. The number of amides is 4. The van der Waals surface area contributed by atoms with E-state index in [1.54, 1.807) is 36.5 Å². The molecule has 0 saturated carbocycles. The lowest BCUT2D eigenvalue weighted by Gasteiger charge is -2.26. The van der Waals surface area contributed by atoms with Crippen LogP contribution in [0.4, 0.5) is 14.9 Å². The van der Waals surface area contributed by atoms with Crippen molar-refractivity contribution in [3.63, 3.8) is 0 Å². The van der Waals surface area contributed by atoms with Crippen molar-refractivity contribution in [3.8, 4) is 0 Å². The fraction of sp³-hybridized carbons (Fsp3) is 0.107. The van der Waals surface area contributed by atoms with E-state index >= 15 is 0 Å². The van der Waals surface area contributed by atoms with Gasteiger partial charge in [-0.15, -0.1) is 0 Å². The molecule has 1 saturated heterocycles. The molecule has 0 radical (unpaired) electrons. The SMILES string of the molecule is Cc1cc(C)cc(N2C(=O)NC(=O)/C(=C\c3cn(Cc4ccccc4F)c4ccccc34)C2=O)c1. The van der Waals surface area contributed by atoms with E-state index in [0.29, 0.717) is 16.8 Å². The van der Waals surface area contributed by atoms with Gasteiger partial charge in [-0.05, 0) is 55.3 Å². The number of aryl methyl sites for hydroxylation is 2. The van der Waals surface area contributed by atoms with Gasteiger partial charge in [0.15, 0.2) is 0 Å². The minimum Gasteiger partial charge on any atom is -0.342 e. The number of hydrogen-bond donors (Lipinski definition) is 1. The number of halogens is 1. The summed E-state index contributed by atoms with van der Waals surface area (Å²) in [5.74, 6) is -1.77. The van der Waals surface area contributed by atoms with Crippen molar-refractivity contribution in [2.24, 2.45) is 0 Å². The third kappa shape index (κ3) is 4.12. The molecule has 1 aliphatic heterocycles. The Morgan fingerprint density at radius 1 is 0.914 bits per heavy atom. The molecule has 6 nitrogen and oxygen atoms in total. The first-order valence-electron chi connectivity index (χ1n) is 11.1. The minimum atomic E-state index is -0.788. The number of nitrogens with one attached hydrogen (secondary N) is 1. The zero-order valence-corrected chi connectivity index (χ0v) is 19.2. The lowest BCUT2D eigenvalue weighted by atomic mass is 10.0. The lowest BCUT2D eigenvalue weighted by Crippen LogP contribution is -2.54. The maximum absolute atomic E-state index is 14.3. The summed E-state index contributed by atoms with van der Waals surface area (Å²) in [6, 6.07) is 18.6. The number of fused-ring (bicyclic) bond motifs is 1. The molecule has 2 heterocycles. The van der Waals surface area contributed by atoms with E-state index in [1.807, 2.05) is 48.7 Å². The van der Waals surface area contributed by atoms with Gasteiger partial charge in [0.2, 0.25) is 0 Å². The van der Waals surface area contributed by atoms with Crippen LogP contribution in [0.5, 0.6) is 0 Å². The average Bonchev–Trinajstić information content (AvgIpc) is 3.15. The quantitative estimate of drug-likeness (QED) is 0.335. The van der Waals surface area contributed by atoms with E-state index in [9.17, 15) is 18.8 Å². The molecule has 7 heteroatoms. The van der Waals surface area contributed by atoms with Crippen molar-refractivity contribution in [1.82, 2.24) is 9.88 Å². The number of nitrogens with zero attached hydrogens (tertiary/aromatic N) is 2. The van der Waals surface area contributed by atoms with Gasteiger partial charge in [0.05, 0.1) is 12.2 Å². The third-order valence-corrected chi connectivity index (χ3v) is 5.98. The van der Waals surface area contributed by atoms with E-state index < -0.39 is 17.8 Å². The van der Waals surface area contributed by atoms with Crippen LogP contribution in [0.15, 0.2) is 78.5 Å². The maximum Gasteiger partial charge on any atom is 0.335 e. The van der Waals surface area contributed by atoms with Crippen molar-refractivity contribution in [2.45, 2.75) is 20.4 Å². The number of urea groups is 1. The summed E-state index contributed by atoms with van der Waals surface area (Å²) in [7, 11) is 0. The summed E-state index contributed by atoms with van der Waals surface area (Å²) in [6.07, 6.45) is 3.27. The number of rotatable bonds is 4. The summed E-state index contributed by atoms with van der Waals surface area (Å²) in [6.45, 7) is 4.02. The summed E-state index contributed by atoms with van der Waals surface area (Å²) >= 11 is 0. The number of imide groups is 2. The third-order valence-electron chi connectivity index (χ3n) is 5.98. The number of para-hydroxylation sites is 1. The standard InChI is InChI=1S/C28H22FN3O3/c1-17-11-18(2)13-21(12-17)32-27(34)23(26(33)30-28(32)35)14-20-16-31(25-10-6-4-8-22(20)25)15-19-7-3-5-9-24(19)29/h3-14,16H,15H2,1-2H3,(H,30,33,35)/b23-14+. The van der Waals surface area contributed by atoms with Gasteiger partial charge >= 0.3 is 6.03 Å². The topological polar surface area (TPSA) is 71.4 Å². The van der Waals surface area contributed by atoms with Crippen LogP contribution in [0.25, 0.3) is 17.0 Å². The molecule has 1 fully saturated rings. The summed E-state index contributed by atoms with van der Waals surface area (Å²) in [5.41, 5.74) is 3.98. The van der Waals surface area contributed by atoms with Crippen molar-refractivity contribution in [1.29, 1.82) is 0 Å². The highest BCUT2D eigenvalue weighted by molar-refractivity contribution is 6.39. The Kier molecular flexibility index (Phi) is 5.53. The van der Waals surface area contributed by atoms with Crippen molar-refractivity contribution in [2.75, 3.05) is 4.90 Å². The molecule has 4 aromatic rings. The Morgan fingerprint density at radius 3 is 2.34 bits per heavy atom. The average molecular weight is 468 g/mol. The molecule has 1 aliphatic rings. The number of hydrogen-bond acceptors (Lipinski definition) is 3. The zero-order chi connectivity index (χ0) is 24.7. The van der Waals surface area contributed by atoms with Gasteiger partial charge in [-0.1, -0.05) is 42.5 Å². The molecule has 0 bridgehead atoms. The Bertz CT molecular complexity index is 1530. The van der Waals surface area contributed by atoms with Crippen LogP contribution in [0, 0.1) is 19.7 Å². The van der Waals surface area contributed by atoms with Crippen LogP contribution in [0.3, 0.4) is 0 Å². The maximum atomic E-state index is 14.3. The van der Waals surface area contributed by atoms with E-state index in [2.05, 4.69) is 5.32 Å². The highest BCUT2D eigenvalue weighted by Gasteiger charge is 2.37. The molecule has 3 aromatic carbocycles. The fourth-order valence-electron chi connectivity index (χ4n) is 4.46. The predicted molar refractivity (Wildman–Crippen MR) is 132 cm³/mol. The second-order valence-corrected chi connectivity index (χ2v) is 8.62. The van der Waals surface area contributed by atoms with Crippen LogP contribution >= 0.6 is 0 Å². The molecule has 0 spiro atoms. The van der Waals surface area contributed by atoms with Crippen LogP contribution in [0.1, 0.15) is 22.3 Å². The van der Waals surface area contributed by atoms with Gasteiger partial charge in [0.1, 0.15) is 11.4 Å². The fourth-order valence-corrected chi connectivity index (χ4v) is 4.46. The van der Waals surface area contributed by atoms with E-state index in [4.69, 9.17) is 0 Å². The number of barbiturate groups is 1. The second kappa shape index (κ2) is 8.68. The van der Waals surface area contributed by atoms with Crippen molar-refractivity contribution < 1.29 is 18.8 Å². The Hall–Kier alpha value is -4.52. The smallest absolute Gasteiger partial charge is 0.335 e. The van der Waals surface area contributed by atoms with Crippen LogP contribution in [0.2, 0.25) is 0 Å². The number of benzene rings is 3. The van der Waals surface area contributed by atoms with Gasteiger partial charge in [-0.2, -0.15) is 0 Å². The molecule has 1 aromatic heterocycles. The minimum absolute atomic E-state index is 0.155. The van der Waals surface area contributed by atoms with Crippen molar-refractivity contribution >= 4 is 40.5 Å². The zero-order valence-electron chi connectivity index (χ0n) is 19.2. The lowest BCUT2D eigenvalue weighted by molar-refractivity contribution is -0.122. The molecule has 174 valence electrons. The number of anilines is 1. The predicted octanol–water partition coefficient (Wildman–Crippen LogP) is 5.11. The molecular formula is C28H22FN3O3. The first-order valence-corrected chi connectivity index (χ1v) is 11.1. The molecule has 0 unspecified atom stereocenters. The molecule has 0 aliphatic carbocycles. The first kappa shape index (κ1) is 22.3. The summed E-state index contributed by atoms with van der Waals surface area (Å²) in [5, 5.41) is 3.07. The molecular weight excluding hydrogens is 445 g/mol. The van der Waals surface area contributed by atoms with Crippen molar-refractivity contribution in [3.05, 3.63) is 107 Å². The van der Waals surface area contributed by atoms with Crippen LogP contribution < -0.4 is 10.2 Å². The van der Waals surface area contributed by atoms with E-state index in [1.165, 1.54) is 12.1 Å². The Labute approximate surface area is 201 Å². The monoisotopic (exact) mass is 467 g/mol. The molecule has 1 N–H and O–H groups in total. The first-order chi connectivity index (χ1) is 16.8. The van der Waals surface area contributed by atoms with E-state index in [-0.39, 0.29) is 17.9 Å².